The number of rotatable bonds is 4. The van der Waals surface area contributed by atoms with E-state index in [9.17, 15) is 14.4 Å². The second kappa shape index (κ2) is 5.92. The fraction of sp³-hybridized carbons (Fsp3) is 0.118. The fourth-order valence-electron chi connectivity index (χ4n) is 2.45. The van der Waals surface area contributed by atoms with Gasteiger partial charge in [0.15, 0.2) is 0 Å². The van der Waals surface area contributed by atoms with Crippen LogP contribution >= 0.6 is 0 Å². The summed E-state index contributed by atoms with van der Waals surface area (Å²) in [5.41, 5.74) is 1.91. The van der Waals surface area contributed by atoms with Crippen molar-refractivity contribution in [1.29, 1.82) is 0 Å². The van der Waals surface area contributed by atoms with Crippen LogP contribution in [0.2, 0.25) is 0 Å². The van der Waals surface area contributed by atoms with E-state index in [-0.39, 0.29) is 12.2 Å². The number of amides is 2. The van der Waals surface area contributed by atoms with Gasteiger partial charge in [-0.2, -0.15) is 0 Å². The van der Waals surface area contributed by atoms with Gasteiger partial charge in [0.05, 0.1) is 34.7 Å². The quantitative estimate of drug-likeness (QED) is 0.669. The minimum Gasteiger partial charge on any atom is -0.462 e. The molecule has 2 amide bonds. The maximum Gasteiger partial charge on any atom is 0.340 e. The third-order valence-electron chi connectivity index (χ3n) is 3.45. The van der Waals surface area contributed by atoms with E-state index in [0.717, 1.165) is 0 Å². The lowest BCUT2D eigenvalue weighted by molar-refractivity contribution is 0.0527. The number of hydrogen-bond acceptors (Lipinski definition) is 5. The Bertz CT molecular complexity index is 814. The molecule has 116 valence electrons. The molecule has 23 heavy (non-hydrogen) atoms. The van der Waals surface area contributed by atoms with Crippen molar-refractivity contribution in [2.24, 2.45) is 0 Å². The highest BCUT2D eigenvalue weighted by atomic mass is 16.5. The van der Waals surface area contributed by atoms with Crippen molar-refractivity contribution in [1.82, 2.24) is 5.32 Å². The zero-order chi connectivity index (χ0) is 16.4. The zero-order valence-corrected chi connectivity index (χ0v) is 12.4. The van der Waals surface area contributed by atoms with Gasteiger partial charge in [0.1, 0.15) is 0 Å². The highest BCUT2D eigenvalue weighted by Crippen LogP contribution is 2.28. The molecule has 0 aliphatic carbocycles. The summed E-state index contributed by atoms with van der Waals surface area (Å²) in [5, 5.41) is 5.31. The van der Waals surface area contributed by atoms with Crippen molar-refractivity contribution < 1.29 is 19.1 Å². The topological polar surface area (TPSA) is 84.5 Å². The molecule has 0 saturated carbocycles. The predicted octanol–water partition coefficient (Wildman–Crippen LogP) is 2.49. The van der Waals surface area contributed by atoms with Gasteiger partial charge in [-0.3, -0.25) is 14.9 Å². The van der Waals surface area contributed by atoms with Crippen molar-refractivity contribution in [3.8, 4) is 0 Å². The summed E-state index contributed by atoms with van der Waals surface area (Å²) in [5.74, 6) is -1.34. The maximum absolute atomic E-state index is 12.0. The summed E-state index contributed by atoms with van der Waals surface area (Å²) >= 11 is 0. The van der Waals surface area contributed by atoms with Crippen LogP contribution in [0.4, 0.5) is 11.4 Å². The molecule has 3 rings (SSSR count). The molecular weight excluding hydrogens is 296 g/mol. The van der Waals surface area contributed by atoms with E-state index in [4.69, 9.17) is 4.74 Å². The van der Waals surface area contributed by atoms with Crippen LogP contribution in [0.3, 0.4) is 0 Å². The minimum atomic E-state index is -0.457. The Balaban J connectivity index is 2.00. The molecule has 1 heterocycles. The van der Waals surface area contributed by atoms with E-state index >= 15 is 0 Å². The lowest BCUT2D eigenvalue weighted by atomic mass is 10.1. The first kappa shape index (κ1) is 14.8. The van der Waals surface area contributed by atoms with Gasteiger partial charge in [-0.1, -0.05) is 18.2 Å². The highest BCUT2D eigenvalue weighted by Gasteiger charge is 2.29. The van der Waals surface area contributed by atoms with Gasteiger partial charge < -0.3 is 10.1 Å². The number of fused-ring (bicyclic) bond motifs is 1. The highest BCUT2D eigenvalue weighted by molar-refractivity contribution is 6.24. The summed E-state index contributed by atoms with van der Waals surface area (Å²) in [6.45, 7) is 2.00. The van der Waals surface area contributed by atoms with E-state index in [1.54, 1.807) is 49.4 Å². The Kier molecular flexibility index (Phi) is 3.80. The van der Waals surface area contributed by atoms with Crippen molar-refractivity contribution in [2.75, 3.05) is 11.9 Å². The molecular formula is C17H14N2O4. The number of anilines is 2. The monoisotopic (exact) mass is 310 g/mol. The lowest BCUT2D eigenvalue weighted by Crippen LogP contribution is -2.20. The van der Waals surface area contributed by atoms with Crippen LogP contribution < -0.4 is 10.6 Å². The Labute approximate surface area is 132 Å². The summed E-state index contributed by atoms with van der Waals surface area (Å²) < 4.78 is 5.02. The first-order valence-corrected chi connectivity index (χ1v) is 7.13. The number of carbonyl (C=O) groups excluding carboxylic acids is 3. The van der Waals surface area contributed by atoms with Gasteiger partial charge in [0, 0.05) is 0 Å². The number of para-hydroxylation sites is 1. The van der Waals surface area contributed by atoms with E-state index in [1.807, 2.05) is 0 Å². The number of ether oxygens (including phenoxy) is 1. The standard InChI is InChI=1S/C17H14N2O4/c1-2-23-17(22)10-6-3-4-8-12(10)18-13-9-5-7-11-14(13)16(21)19-15(11)20/h3-9,18H,2H2,1H3,(H,19,20,21). The van der Waals surface area contributed by atoms with E-state index in [1.165, 1.54) is 0 Å². The average Bonchev–Trinajstić information content (AvgIpc) is 2.84. The van der Waals surface area contributed by atoms with Gasteiger partial charge in [-0.05, 0) is 31.2 Å². The number of esters is 1. The van der Waals surface area contributed by atoms with Crippen LogP contribution in [-0.2, 0) is 4.74 Å². The average molecular weight is 310 g/mol. The van der Waals surface area contributed by atoms with Gasteiger partial charge in [0.2, 0.25) is 0 Å². The second-order valence-electron chi connectivity index (χ2n) is 4.90. The van der Waals surface area contributed by atoms with Crippen LogP contribution in [-0.4, -0.2) is 24.4 Å². The van der Waals surface area contributed by atoms with Gasteiger partial charge in [0.25, 0.3) is 11.8 Å². The van der Waals surface area contributed by atoms with E-state index < -0.39 is 17.8 Å². The minimum absolute atomic E-state index is 0.269. The van der Waals surface area contributed by atoms with Crippen molar-refractivity contribution in [2.45, 2.75) is 6.92 Å². The third-order valence-corrected chi connectivity index (χ3v) is 3.45. The van der Waals surface area contributed by atoms with Gasteiger partial charge >= 0.3 is 5.97 Å². The Hall–Kier alpha value is -3.15. The molecule has 6 heteroatoms. The first-order valence-electron chi connectivity index (χ1n) is 7.13. The Morgan fingerprint density at radius 2 is 1.78 bits per heavy atom. The largest absolute Gasteiger partial charge is 0.462 e. The smallest absolute Gasteiger partial charge is 0.340 e. The summed E-state index contributed by atoms with van der Waals surface area (Å²) in [6.07, 6.45) is 0. The molecule has 0 aromatic heterocycles. The van der Waals surface area contributed by atoms with Crippen LogP contribution in [0.25, 0.3) is 0 Å². The summed E-state index contributed by atoms with van der Waals surface area (Å²) in [6, 6.07) is 11.8. The molecule has 2 N–H and O–H groups in total. The van der Waals surface area contributed by atoms with E-state index in [0.29, 0.717) is 22.5 Å². The Morgan fingerprint density at radius 3 is 2.57 bits per heavy atom. The number of carbonyl (C=O) groups is 3. The van der Waals surface area contributed by atoms with Crippen LogP contribution in [0.1, 0.15) is 38.0 Å². The summed E-state index contributed by atoms with van der Waals surface area (Å²) in [7, 11) is 0. The van der Waals surface area contributed by atoms with Crippen molar-refractivity contribution >= 4 is 29.2 Å². The molecule has 0 atom stereocenters. The molecule has 2 aromatic rings. The van der Waals surface area contributed by atoms with Gasteiger partial charge in [-0.25, -0.2) is 4.79 Å². The maximum atomic E-state index is 12.0. The molecule has 0 radical (unpaired) electrons. The molecule has 0 bridgehead atoms. The second-order valence-corrected chi connectivity index (χ2v) is 4.90. The predicted molar refractivity (Wildman–Crippen MR) is 83.9 cm³/mol. The molecule has 1 aliphatic heterocycles. The summed E-state index contributed by atoms with van der Waals surface area (Å²) in [4.78, 5) is 35.7. The molecule has 0 unspecified atom stereocenters. The lowest BCUT2D eigenvalue weighted by Gasteiger charge is -2.13. The number of benzene rings is 2. The molecule has 0 saturated heterocycles. The van der Waals surface area contributed by atoms with Crippen molar-refractivity contribution in [3.05, 3.63) is 59.2 Å². The number of imide groups is 1. The SMILES string of the molecule is CCOC(=O)c1ccccc1Nc1cccc2c1C(=O)NC2=O. The zero-order valence-electron chi connectivity index (χ0n) is 12.4. The molecule has 0 spiro atoms. The van der Waals surface area contributed by atoms with Crippen molar-refractivity contribution in [3.63, 3.8) is 0 Å². The van der Waals surface area contributed by atoms with Crippen LogP contribution in [0.5, 0.6) is 0 Å². The molecule has 6 nitrogen and oxygen atoms in total. The normalized spacial score (nSPS) is 12.6. The van der Waals surface area contributed by atoms with Crippen LogP contribution in [0, 0.1) is 0 Å². The van der Waals surface area contributed by atoms with Gasteiger partial charge in [-0.15, -0.1) is 0 Å². The third kappa shape index (κ3) is 2.66. The number of nitrogens with one attached hydrogen (secondary N) is 2. The number of hydrogen-bond donors (Lipinski definition) is 2. The molecule has 0 fully saturated rings. The van der Waals surface area contributed by atoms with E-state index in [2.05, 4.69) is 10.6 Å². The molecule has 2 aromatic carbocycles. The Morgan fingerprint density at radius 1 is 1.04 bits per heavy atom. The first-order chi connectivity index (χ1) is 11.1. The van der Waals surface area contributed by atoms with Crippen LogP contribution in [0.15, 0.2) is 42.5 Å². The fourth-order valence-corrected chi connectivity index (χ4v) is 2.45. The molecule has 1 aliphatic rings.